The maximum atomic E-state index is 12.9. The van der Waals surface area contributed by atoms with E-state index in [1.54, 1.807) is 0 Å². The van der Waals surface area contributed by atoms with Crippen molar-refractivity contribution in [3.8, 4) is 0 Å². The molecule has 0 spiro atoms. The number of benzene rings is 1. The number of hydrogen-bond donors (Lipinski definition) is 1. The number of nitrogens with zero attached hydrogens (tertiary/aromatic N) is 2. The number of anilines is 1. The Labute approximate surface area is 169 Å². The highest BCUT2D eigenvalue weighted by Crippen LogP contribution is 2.33. The summed E-state index contributed by atoms with van der Waals surface area (Å²) < 4.78 is 38.8. The summed E-state index contributed by atoms with van der Waals surface area (Å²) in [7, 11) is 0. The summed E-state index contributed by atoms with van der Waals surface area (Å²) in [5, 5.41) is 2.92. The Hall–Kier alpha value is -2.09. The number of carbonyl (C=O) groups excluding carboxylic acids is 2. The van der Waals surface area contributed by atoms with E-state index in [2.05, 4.69) is 24.1 Å². The van der Waals surface area contributed by atoms with Gasteiger partial charge in [0.25, 0.3) is 0 Å². The summed E-state index contributed by atoms with van der Waals surface area (Å²) in [5.41, 5.74) is -0.628. The first-order chi connectivity index (χ1) is 13.6. The molecule has 2 atom stereocenters. The second-order valence-electron chi connectivity index (χ2n) is 8.27. The molecule has 2 amide bonds. The molecule has 160 valence electrons. The van der Waals surface area contributed by atoms with Gasteiger partial charge in [-0.25, -0.2) is 0 Å². The van der Waals surface area contributed by atoms with E-state index in [1.807, 2.05) is 0 Å². The number of rotatable bonds is 5. The lowest BCUT2D eigenvalue weighted by Gasteiger charge is -2.35. The molecular formula is C21H28F3N3O2. The molecule has 2 aliphatic heterocycles. The van der Waals surface area contributed by atoms with Crippen LogP contribution < -0.4 is 10.2 Å². The summed E-state index contributed by atoms with van der Waals surface area (Å²) in [6.07, 6.45) is -2.15. The molecule has 2 fully saturated rings. The monoisotopic (exact) mass is 411 g/mol. The Kier molecular flexibility index (Phi) is 6.51. The van der Waals surface area contributed by atoms with Crippen LogP contribution in [0.1, 0.15) is 38.7 Å². The van der Waals surface area contributed by atoms with Gasteiger partial charge in [-0.05, 0) is 57.0 Å². The molecule has 1 aromatic rings. The van der Waals surface area contributed by atoms with E-state index < -0.39 is 17.7 Å². The Morgan fingerprint density at radius 1 is 1.28 bits per heavy atom. The zero-order valence-electron chi connectivity index (χ0n) is 16.8. The molecule has 2 aliphatic rings. The van der Waals surface area contributed by atoms with Gasteiger partial charge in [0.05, 0.1) is 11.5 Å². The number of nitrogens with one attached hydrogen (secondary N) is 1. The minimum atomic E-state index is -4.47. The van der Waals surface area contributed by atoms with E-state index in [-0.39, 0.29) is 36.5 Å². The first-order valence-electron chi connectivity index (χ1n) is 10.1. The third kappa shape index (κ3) is 5.29. The molecule has 0 bridgehead atoms. The summed E-state index contributed by atoms with van der Waals surface area (Å²) in [4.78, 5) is 28.5. The maximum absolute atomic E-state index is 12.9. The van der Waals surface area contributed by atoms with Crippen LogP contribution in [0.4, 0.5) is 18.9 Å². The standard InChI is InChI=1S/C21H28F3N3O2/c1-14-6-8-26(9-7-14)15(2)12-25-20(29)16-10-19(28)27(13-16)18-5-3-4-17(11-18)21(22,23)24/h3-5,11,14-16H,6-10,12-13H2,1-2H3,(H,25,29). The molecular weight excluding hydrogens is 383 g/mol. The minimum Gasteiger partial charge on any atom is -0.354 e. The van der Waals surface area contributed by atoms with Crippen molar-refractivity contribution in [3.63, 3.8) is 0 Å². The third-order valence-corrected chi connectivity index (χ3v) is 5.99. The SMILES string of the molecule is CC1CCN(C(C)CNC(=O)C2CC(=O)N(c3cccc(C(F)(F)F)c3)C2)CC1. The van der Waals surface area contributed by atoms with Crippen LogP contribution in [0, 0.1) is 11.8 Å². The van der Waals surface area contributed by atoms with Crippen molar-refractivity contribution in [1.82, 2.24) is 10.2 Å². The molecule has 0 saturated carbocycles. The zero-order valence-corrected chi connectivity index (χ0v) is 16.8. The molecule has 2 saturated heterocycles. The molecule has 5 nitrogen and oxygen atoms in total. The van der Waals surface area contributed by atoms with E-state index in [0.29, 0.717) is 6.54 Å². The van der Waals surface area contributed by atoms with E-state index in [4.69, 9.17) is 0 Å². The maximum Gasteiger partial charge on any atom is 0.416 e. The number of hydrogen-bond acceptors (Lipinski definition) is 3. The van der Waals surface area contributed by atoms with Gasteiger partial charge in [-0.1, -0.05) is 13.0 Å². The molecule has 2 heterocycles. The lowest BCUT2D eigenvalue weighted by atomic mass is 9.98. The van der Waals surface area contributed by atoms with Gasteiger partial charge >= 0.3 is 6.18 Å². The zero-order chi connectivity index (χ0) is 21.2. The summed E-state index contributed by atoms with van der Waals surface area (Å²) in [5.74, 6) is -0.363. The fraction of sp³-hybridized carbons (Fsp3) is 0.619. The highest BCUT2D eigenvalue weighted by molar-refractivity contribution is 6.00. The molecule has 0 aliphatic carbocycles. The van der Waals surface area contributed by atoms with Gasteiger partial charge in [-0.15, -0.1) is 0 Å². The average Bonchev–Trinajstić information content (AvgIpc) is 3.07. The van der Waals surface area contributed by atoms with Crippen molar-refractivity contribution < 1.29 is 22.8 Å². The molecule has 1 aromatic carbocycles. The summed E-state index contributed by atoms with van der Waals surface area (Å²) in [6, 6.07) is 4.88. The quantitative estimate of drug-likeness (QED) is 0.809. The second-order valence-corrected chi connectivity index (χ2v) is 8.27. The first-order valence-corrected chi connectivity index (χ1v) is 10.1. The summed E-state index contributed by atoms with van der Waals surface area (Å²) >= 11 is 0. The van der Waals surface area contributed by atoms with Crippen LogP contribution in [0.3, 0.4) is 0 Å². The van der Waals surface area contributed by atoms with Crippen molar-refractivity contribution in [2.75, 3.05) is 31.1 Å². The van der Waals surface area contributed by atoms with Gasteiger partial charge in [-0.3, -0.25) is 14.5 Å². The molecule has 2 unspecified atom stereocenters. The van der Waals surface area contributed by atoms with Gasteiger partial charge in [0.1, 0.15) is 0 Å². The number of alkyl halides is 3. The smallest absolute Gasteiger partial charge is 0.354 e. The predicted octanol–water partition coefficient (Wildman–Crippen LogP) is 3.29. The van der Waals surface area contributed by atoms with E-state index in [0.717, 1.165) is 44.0 Å². The molecule has 0 aromatic heterocycles. The van der Waals surface area contributed by atoms with Crippen LogP contribution >= 0.6 is 0 Å². The first kappa shape index (κ1) is 21.6. The van der Waals surface area contributed by atoms with Crippen LogP contribution in [0.25, 0.3) is 0 Å². The second kappa shape index (κ2) is 8.73. The van der Waals surface area contributed by atoms with Crippen LogP contribution in [0.5, 0.6) is 0 Å². The van der Waals surface area contributed by atoms with Gasteiger partial charge < -0.3 is 10.2 Å². The lowest BCUT2D eigenvalue weighted by molar-refractivity contribution is -0.137. The van der Waals surface area contributed by atoms with Gasteiger partial charge in [0.15, 0.2) is 0 Å². The van der Waals surface area contributed by atoms with Gasteiger partial charge in [-0.2, -0.15) is 13.2 Å². The van der Waals surface area contributed by atoms with Crippen molar-refractivity contribution in [2.24, 2.45) is 11.8 Å². The number of halogens is 3. The van der Waals surface area contributed by atoms with Crippen LogP contribution in [-0.2, 0) is 15.8 Å². The van der Waals surface area contributed by atoms with Crippen LogP contribution in [0.15, 0.2) is 24.3 Å². The van der Waals surface area contributed by atoms with Crippen molar-refractivity contribution in [3.05, 3.63) is 29.8 Å². The average molecular weight is 411 g/mol. The Morgan fingerprint density at radius 2 is 1.97 bits per heavy atom. The highest BCUT2D eigenvalue weighted by atomic mass is 19.4. The lowest BCUT2D eigenvalue weighted by Crippen LogP contribution is -2.46. The normalized spacial score (nSPS) is 22.7. The van der Waals surface area contributed by atoms with Crippen LogP contribution in [-0.4, -0.2) is 48.9 Å². The van der Waals surface area contributed by atoms with E-state index in [1.165, 1.54) is 17.0 Å². The van der Waals surface area contributed by atoms with Crippen molar-refractivity contribution in [2.45, 2.75) is 45.3 Å². The molecule has 8 heteroatoms. The Balaban J connectivity index is 1.55. The fourth-order valence-corrected chi connectivity index (χ4v) is 3.97. The Morgan fingerprint density at radius 3 is 2.62 bits per heavy atom. The van der Waals surface area contributed by atoms with E-state index in [9.17, 15) is 22.8 Å². The molecule has 1 N–H and O–H groups in total. The molecule has 3 rings (SSSR count). The Bertz CT molecular complexity index is 745. The number of likely N-dealkylation sites (tertiary alicyclic amines) is 1. The summed E-state index contributed by atoms with van der Waals surface area (Å²) in [6.45, 7) is 6.96. The third-order valence-electron chi connectivity index (χ3n) is 5.99. The predicted molar refractivity (Wildman–Crippen MR) is 104 cm³/mol. The van der Waals surface area contributed by atoms with Crippen LogP contribution in [0.2, 0.25) is 0 Å². The fourth-order valence-electron chi connectivity index (χ4n) is 3.97. The van der Waals surface area contributed by atoms with Crippen molar-refractivity contribution in [1.29, 1.82) is 0 Å². The van der Waals surface area contributed by atoms with Gasteiger partial charge in [0, 0.05) is 31.2 Å². The molecule has 29 heavy (non-hydrogen) atoms. The van der Waals surface area contributed by atoms with Gasteiger partial charge in [0.2, 0.25) is 11.8 Å². The largest absolute Gasteiger partial charge is 0.416 e. The number of amides is 2. The molecule has 0 radical (unpaired) electrons. The minimum absolute atomic E-state index is 0.0116. The number of carbonyl (C=O) groups is 2. The topological polar surface area (TPSA) is 52.7 Å². The van der Waals surface area contributed by atoms with E-state index >= 15 is 0 Å². The number of piperidine rings is 1. The van der Waals surface area contributed by atoms with Crippen molar-refractivity contribution >= 4 is 17.5 Å². The highest BCUT2D eigenvalue weighted by Gasteiger charge is 2.37.